The zero-order valence-electron chi connectivity index (χ0n) is 9.52. The fourth-order valence-electron chi connectivity index (χ4n) is 1.25. The number of allylic oxidation sites excluding steroid dienone is 3. The van der Waals surface area contributed by atoms with E-state index in [9.17, 15) is 0 Å². The molecule has 0 N–H and O–H groups in total. The Morgan fingerprint density at radius 3 is 2.23 bits per heavy atom. The molecule has 13 heavy (non-hydrogen) atoms. The van der Waals surface area contributed by atoms with Crippen LogP contribution in [0.25, 0.3) is 0 Å². The Labute approximate surface area is 82.3 Å². The van der Waals surface area contributed by atoms with Crippen molar-refractivity contribution in [2.45, 2.75) is 47.5 Å². The Morgan fingerprint density at radius 1 is 1.23 bits per heavy atom. The first-order valence-corrected chi connectivity index (χ1v) is 5.02. The van der Waals surface area contributed by atoms with Crippen LogP contribution in [0.1, 0.15) is 47.5 Å². The summed E-state index contributed by atoms with van der Waals surface area (Å²) in [7, 11) is 0. The van der Waals surface area contributed by atoms with Crippen LogP contribution in [0, 0.1) is 0 Å². The van der Waals surface area contributed by atoms with Crippen LogP contribution in [0.4, 0.5) is 0 Å². The summed E-state index contributed by atoms with van der Waals surface area (Å²) in [5, 5.41) is 0. The molecule has 0 fully saturated rings. The van der Waals surface area contributed by atoms with Crippen LogP contribution in [0.15, 0.2) is 27.9 Å². The third kappa shape index (κ3) is 4.07. The maximum atomic E-state index is 4.40. The van der Waals surface area contributed by atoms with E-state index < -0.39 is 0 Å². The molecule has 0 radical (unpaired) electrons. The van der Waals surface area contributed by atoms with E-state index >= 15 is 0 Å². The summed E-state index contributed by atoms with van der Waals surface area (Å²) >= 11 is 0. The number of nitrogens with zero attached hydrogens (tertiary/aromatic N) is 1. The molecule has 0 aliphatic rings. The molecule has 0 aliphatic carbocycles. The Balaban J connectivity index is 4.92. The molecule has 74 valence electrons. The topological polar surface area (TPSA) is 12.4 Å². The van der Waals surface area contributed by atoms with Gasteiger partial charge in [0.25, 0.3) is 0 Å². The molecular formula is C12H21N. The van der Waals surface area contributed by atoms with Gasteiger partial charge in [-0.25, -0.2) is 0 Å². The van der Waals surface area contributed by atoms with Crippen molar-refractivity contribution in [3.05, 3.63) is 22.9 Å². The maximum absolute atomic E-state index is 4.40. The van der Waals surface area contributed by atoms with E-state index in [0.29, 0.717) is 0 Å². The van der Waals surface area contributed by atoms with Crippen molar-refractivity contribution in [1.82, 2.24) is 0 Å². The molecule has 0 amide bonds. The molecule has 0 bridgehead atoms. The second-order valence-corrected chi connectivity index (χ2v) is 3.17. The number of hydrogen-bond acceptors (Lipinski definition) is 1. The van der Waals surface area contributed by atoms with Crippen molar-refractivity contribution in [2.75, 3.05) is 0 Å². The summed E-state index contributed by atoms with van der Waals surface area (Å²) in [6, 6.07) is 0. The molecule has 0 spiro atoms. The fraction of sp³-hybridized carbons (Fsp3) is 0.583. The Kier molecular flexibility index (Phi) is 6.21. The first kappa shape index (κ1) is 12.2. The zero-order valence-corrected chi connectivity index (χ0v) is 9.52. The molecular weight excluding hydrogens is 158 g/mol. The summed E-state index contributed by atoms with van der Waals surface area (Å²) in [5.41, 5.74) is 3.81. The highest BCUT2D eigenvalue weighted by Crippen LogP contribution is 2.18. The first-order chi connectivity index (χ1) is 6.17. The summed E-state index contributed by atoms with van der Waals surface area (Å²) < 4.78 is 0. The minimum Gasteiger partial charge on any atom is -0.261 e. The Bertz CT molecular complexity index is 232. The average Bonchev–Trinajstić information content (AvgIpc) is 2.13. The van der Waals surface area contributed by atoms with Gasteiger partial charge in [0, 0.05) is 6.21 Å². The van der Waals surface area contributed by atoms with E-state index in [1.54, 1.807) is 0 Å². The molecule has 0 saturated heterocycles. The lowest BCUT2D eigenvalue weighted by molar-refractivity contribution is 1.04. The van der Waals surface area contributed by atoms with Gasteiger partial charge in [-0.3, -0.25) is 4.99 Å². The van der Waals surface area contributed by atoms with E-state index in [2.05, 4.69) is 38.8 Å². The van der Waals surface area contributed by atoms with Gasteiger partial charge in [0.05, 0.1) is 5.70 Å². The first-order valence-electron chi connectivity index (χ1n) is 5.02. The highest BCUT2D eigenvalue weighted by atomic mass is 14.7. The minimum atomic E-state index is 1.07. The SMILES string of the molecule is CC=NC(/C(C)=C\CC)=C(\C)CC. The van der Waals surface area contributed by atoms with Crippen LogP contribution in [-0.4, -0.2) is 6.21 Å². The molecule has 0 aromatic heterocycles. The van der Waals surface area contributed by atoms with Crippen LogP contribution in [0.3, 0.4) is 0 Å². The highest BCUT2D eigenvalue weighted by molar-refractivity contribution is 5.57. The largest absolute Gasteiger partial charge is 0.261 e. The fourth-order valence-corrected chi connectivity index (χ4v) is 1.25. The lowest BCUT2D eigenvalue weighted by Crippen LogP contribution is -1.88. The lowest BCUT2D eigenvalue weighted by Gasteiger charge is -2.06. The van der Waals surface area contributed by atoms with Crippen molar-refractivity contribution in [3.8, 4) is 0 Å². The van der Waals surface area contributed by atoms with E-state index in [0.717, 1.165) is 18.5 Å². The maximum Gasteiger partial charge on any atom is 0.0640 e. The van der Waals surface area contributed by atoms with E-state index in [-0.39, 0.29) is 0 Å². The highest BCUT2D eigenvalue weighted by Gasteiger charge is 2.00. The van der Waals surface area contributed by atoms with Gasteiger partial charge in [0.15, 0.2) is 0 Å². The molecule has 0 aromatic carbocycles. The molecule has 1 heteroatoms. The molecule has 0 heterocycles. The molecule has 0 atom stereocenters. The number of rotatable bonds is 4. The van der Waals surface area contributed by atoms with Crippen molar-refractivity contribution in [2.24, 2.45) is 4.99 Å². The van der Waals surface area contributed by atoms with Gasteiger partial charge >= 0.3 is 0 Å². The second-order valence-electron chi connectivity index (χ2n) is 3.17. The predicted molar refractivity (Wildman–Crippen MR) is 61.2 cm³/mol. The lowest BCUT2D eigenvalue weighted by atomic mass is 10.1. The predicted octanol–water partition coefficient (Wildman–Crippen LogP) is 4.12. The van der Waals surface area contributed by atoms with Gasteiger partial charge in [-0.15, -0.1) is 0 Å². The Hall–Kier alpha value is -0.850. The monoisotopic (exact) mass is 179 g/mol. The van der Waals surface area contributed by atoms with Crippen molar-refractivity contribution in [1.29, 1.82) is 0 Å². The number of hydrogen-bond donors (Lipinski definition) is 0. The van der Waals surface area contributed by atoms with Crippen molar-refractivity contribution < 1.29 is 0 Å². The molecule has 0 rings (SSSR count). The molecule has 1 nitrogen and oxygen atoms in total. The average molecular weight is 179 g/mol. The third-order valence-corrected chi connectivity index (χ3v) is 2.08. The molecule has 0 aliphatic heterocycles. The van der Waals surface area contributed by atoms with Crippen molar-refractivity contribution in [3.63, 3.8) is 0 Å². The van der Waals surface area contributed by atoms with Crippen LogP contribution in [0.5, 0.6) is 0 Å². The summed E-state index contributed by atoms with van der Waals surface area (Å²) in [6.07, 6.45) is 6.23. The van der Waals surface area contributed by atoms with Gasteiger partial charge in [-0.05, 0) is 44.8 Å². The summed E-state index contributed by atoms with van der Waals surface area (Å²) in [4.78, 5) is 4.40. The van der Waals surface area contributed by atoms with Gasteiger partial charge < -0.3 is 0 Å². The number of aliphatic imine (C=N–C) groups is 1. The zero-order chi connectivity index (χ0) is 10.3. The van der Waals surface area contributed by atoms with E-state index in [1.165, 1.54) is 11.1 Å². The smallest absolute Gasteiger partial charge is 0.0640 e. The summed E-state index contributed by atoms with van der Waals surface area (Å²) in [6.45, 7) is 10.6. The van der Waals surface area contributed by atoms with Crippen LogP contribution in [-0.2, 0) is 0 Å². The van der Waals surface area contributed by atoms with Gasteiger partial charge in [0.2, 0.25) is 0 Å². The van der Waals surface area contributed by atoms with Crippen LogP contribution in [0.2, 0.25) is 0 Å². The Morgan fingerprint density at radius 2 is 1.85 bits per heavy atom. The minimum absolute atomic E-state index is 1.07. The molecule has 0 unspecified atom stereocenters. The van der Waals surface area contributed by atoms with E-state index in [1.807, 2.05) is 13.1 Å². The second kappa shape index (κ2) is 6.64. The van der Waals surface area contributed by atoms with Crippen LogP contribution >= 0.6 is 0 Å². The normalized spacial score (nSPS) is 15.0. The molecule has 0 aromatic rings. The van der Waals surface area contributed by atoms with E-state index in [4.69, 9.17) is 0 Å². The standard InChI is InChI=1S/C12H21N/c1-6-9-11(5)12(13-8-3)10(4)7-2/h8-9H,6-7H2,1-5H3/b11-9-,12-10+,13-8?. The molecule has 0 saturated carbocycles. The summed E-state index contributed by atoms with van der Waals surface area (Å²) in [5.74, 6) is 0. The van der Waals surface area contributed by atoms with Gasteiger partial charge in [-0.1, -0.05) is 19.9 Å². The quantitative estimate of drug-likeness (QED) is 0.455. The van der Waals surface area contributed by atoms with Crippen LogP contribution < -0.4 is 0 Å². The van der Waals surface area contributed by atoms with Gasteiger partial charge in [-0.2, -0.15) is 0 Å². The van der Waals surface area contributed by atoms with Gasteiger partial charge in [0.1, 0.15) is 0 Å². The van der Waals surface area contributed by atoms with Crippen molar-refractivity contribution >= 4 is 6.21 Å². The third-order valence-electron chi connectivity index (χ3n) is 2.08.